The molecule has 1 aliphatic heterocycles. The quantitative estimate of drug-likeness (QED) is 0.893. The number of nitrogens with zero attached hydrogens (tertiary/aromatic N) is 1. The summed E-state index contributed by atoms with van der Waals surface area (Å²) < 4.78 is 0. The van der Waals surface area contributed by atoms with E-state index in [0.717, 1.165) is 38.8 Å². The van der Waals surface area contributed by atoms with E-state index in [-0.39, 0.29) is 11.5 Å². The lowest BCUT2D eigenvalue weighted by atomic mass is 9.94. The average Bonchev–Trinajstić information content (AvgIpc) is 3.07. The number of aliphatic hydroxyl groups is 1. The molecule has 2 aliphatic carbocycles. The van der Waals surface area contributed by atoms with E-state index in [1.807, 2.05) is 23.1 Å². The van der Waals surface area contributed by atoms with Crippen LogP contribution in [0, 0.1) is 11.8 Å². The number of fused-ring (bicyclic) bond motifs is 1. The highest BCUT2D eigenvalue weighted by molar-refractivity contribution is 5.91. The predicted molar refractivity (Wildman–Crippen MR) is 76.2 cm³/mol. The van der Waals surface area contributed by atoms with Crippen LogP contribution in [0.15, 0.2) is 30.3 Å². The first-order valence-corrected chi connectivity index (χ1v) is 7.74. The molecule has 3 fully saturated rings. The van der Waals surface area contributed by atoms with Gasteiger partial charge in [-0.15, -0.1) is 0 Å². The number of amides is 1. The highest BCUT2D eigenvalue weighted by Crippen LogP contribution is 2.51. The molecule has 3 aliphatic rings. The molecule has 3 unspecified atom stereocenters. The first kappa shape index (κ1) is 12.4. The van der Waals surface area contributed by atoms with Crippen LogP contribution in [0.4, 0.5) is 0 Å². The van der Waals surface area contributed by atoms with Gasteiger partial charge in [0.15, 0.2) is 0 Å². The number of rotatable bonds is 2. The van der Waals surface area contributed by atoms with Crippen LogP contribution in [0.2, 0.25) is 0 Å². The lowest BCUT2D eigenvalue weighted by Crippen LogP contribution is -2.39. The third-order valence-electron chi connectivity index (χ3n) is 5.59. The van der Waals surface area contributed by atoms with Crippen LogP contribution in [0.1, 0.15) is 31.2 Å². The summed E-state index contributed by atoms with van der Waals surface area (Å²) in [6.45, 7) is 1.62. The van der Waals surface area contributed by atoms with Gasteiger partial charge in [0.25, 0.3) is 0 Å². The second-order valence-corrected chi connectivity index (χ2v) is 6.73. The van der Waals surface area contributed by atoms with E-state index in [1.165, 1.54) is 5.56 Å². The molecule has 1 aromatic carbocycles. The van der Waals surface area contributed by atoms with E-state index in [4.69, 9.17) is 0 Å². The fourth-order valence-electron chi connectivity index (χ4n) is 4.21. The molecule has 3 nitrogen and oxygen atoms in total. The predicted octanol–water partition coefficient (Wildman–Crippen LogP) is 1.95. The molecule has 0 radical (unpaired) electrons. The molecular weight excluding hydrogens is 250 g/mol. The number of hydrogen-bond donors (Lipinski definition) is 1. The summed E-state index contributed by atoms with van der Waals surface area (Å²) >= 11 is 0. The van der Waals surface area contributed by atoms with Gasteiger partial charge in [-0.3, -0.25) is 4.79 Å². The second kappa shape index (κ2) is 4.32. The normalized spacial score (nSPS) is 34.0. The van der Waals surface area contributed by atoms with E-state index in [2.05, 4.69) is 12.1 Å². The monoisotopic (exact) mass is 271 g/mol. The minimum Gasteiger partial charge on any atom is -0.393 e. The number of likely N-dealkylation sites (tertiary alicyclic amines) is 1. The largest absolute Gasteiger partial charge is 0.393 e. The number of benzene rings is 1. The Kier molecular flexibility index (Phi) is 2.68. The van der Waals surface area contributed by atoms with Gasteiger partial charge in [0.05, 0.1) is 11.5 Å². The SMILES string of the molecule is O=C(N1CC2CCC(O)C2C1)C1(c2ccccc2)CC1. The van der Waals surface area contributed by atoms with Crippen LogP contribution >= 0.6 is 0 Å². The van der Waals surface area contributed by atoms with Crippen molar-refractivity contribution in [1.29, 1.82) is 0 Å². The third kappa shape index (κ3) is 1.72. The first-order valence-electron chi connectivity index (χ1n) is 7.74. The maximum atomic E-state index is 12.9. The van der Waals surface area contributed by atoms with Gasteiger partial charge in [0.2, 0.25) is 5.91 Å². The summed E-state index contributed by atoms with van der Waals surface area (Å²) in [7, 11) is 0. The zero-order chi connectivity index (χ0) is 13.7. The van der Waals surface area contributed by atoms with Gasteiger partial charge in [-0.25, -0.2) is 0 Å². The van der Waals surface area contributed by atoms with Crippen molar-refractivity contribution < 1.29 is 9.90 Å². The highest BCUT2D eigenvalue weighted by atomic mass is 16.3. The minimum atomic E-state index is -0.245. The van der Waals surface area contributed by atoms with E-state index < -0.39 is 0 Å². The van der Waals surface area contributed by atoms with Crippen molar-refractivity contribution in [3.63, 3.8) is 0 Å². The molecule has 0 bridgehead atoms. The smallest absolute Gasteiger partial charge is 0.233 e. The Hall–Kier alpha value is -1.35. The van der Waals surface area contributed by atoms with Crippen LogP contribution in [-0.2, 0) is 10.2 Å². The van der Waals surface area contributed by atoms with Crippen molar-refractivity contribution in [3.8, 4) is 0 Å². The third-order valence-corrected chi connectivity index (χ3v) is 5.59. The van der Waals surface area contributed by atoms with Crippen LogP contribution in [0.25, 0.3) is 0 Å². The van der Waals surface area contributed by atoms with Gasteiger partial charge in [0, 0.05) is 19.0 Å². The molecule has 106 valence electrons. The molecule has 3 heteroatoms. The summed E-state index contributed by atoms with van der Waals surface area (Å²) in [6, 6.07) is 10.2. The molecule has 0 aromatic heterocycles. The van der Waals surface area contributed by atoms with Gasteiger partial charge in [0.1, 0.15) is 0 Å². The molecule has 1 aromatic rings. The van der Waals surface area contributed by atoms with E-state index >= 15 is 0 Å². The average molecular weight is 271 g/mol. The molecule has 0 spiro atoms. The Labute approximate surface area is 119 Å². The molecule has 1 N–H and O–H groups in total. The molecule has 1 heterocycles. The molecule has 2 saturated carbocycles. The van der Waals surface area contributed by atoms with Gasteiger partial charge in [-0.1, -0.05) is 30.3 Å². The standard InChI is InChI=1S/C17H21NO2/c19-15-7-6-12-10-18(11-14(12)15)16(20)17(8-9-17)13-4-2-1-3-5-13/h1-5,12,14-15,19H,6-11H2. The fraction of sp³-hybridized carbons (Fsp3) is 0.588. The molecular formula is C17H21NO2. The summed E-state index contributed by atoms with van der Waals surface area (Å²) in [5.74, 6) is 1.15. The van der Waals surface area contributed by atoms with Gasteiger partial charge >= 0.3 is 0 Å². The van der Waals surface area contributed by atoms with Crippen molar-refractivity contribution in [2.45, 2.75) is 37.2 Å². The molecule has 3 atom stereocenters. The highest BCUT2D eigenvalue weighted by Gasteiger charge is 2.55. The Morgan fingerprint density at radius 1 is 1.15 bits per heavy atom. The van der Waals surface area contributed by atoms with Crippen molar-refractivity contribution >= 4 is 5.91 Å². The van der Waals surface area contributed by atoms with Crippen molar-refractivity contribution in [2.75, 3.05) is 13.1 Å². The van der Waals surface area contributed by atoms with Crippen LogP contribution in [0.3, 0.4) is 0 Å². The van der Waals surface area contributed by atoms with Crippen LogP contribution in [0.5, 0.6) is 0 Å². The molecule has 20 heavy (non-hydrogen) atoms. The maximum absolute atomic E-state index is 12.9. The van der Waals surface area contributed by atoms with Crippen LogP contribution < -0.4 is 0 Å². The molecule has 4 rings (SSSR count). The van der Waals surface area contributed by atoms with Crippen molar-refractivity contribution in [1.82, 2.24) is 4.90 Å². The fourth-order valence-corrected chi connectivity index (χ4v) is 4.21. The molecule has 1 saturated heterocycles. The van der Waals surface area contributed by atoms with Gasteiger partial charge in [-0.2, -0.15) is 0 Å². The summed E-state index contributed by atoms with van der Waals surface area (Å²) in [5.41, 5.74) is 0.924. The summed E-state index contributed by atoms with van der Waals surface area (Å²) in [4.78, 5) is 14.9. The van der Waals surface area contributed by atoms with Crippen molar-refractivity contribution in [3.05, 3.63) is 35.9 Å². The van der Waals surface area contributed by atoms with Crippen LogP contribution in [-0.4, -0.2) is 35.1 Å². The first-order chi connectivity index (χ1) is 9.71. The molecule has 1 amide bonds. The van der Waals surface area contributed by atoms with Gasteiger partial charge in [-0.05, 0) is 37.2 Å². The number of hydrogen-bond acceptors (Lipinski definition) is 2. The number of aliphatic hydroxyl groups excluding tert-OH is 1. The lowest BCUT2D eigenvalue weighted by molar-refractivity contribution is -0.133. The number of carbonyl (C=O) groups is 1. The zero-order valence-electron chi connectivity index (χ0n) is 11.7. The Balaban J connectivity index is 1.54. The van der Waals surface area contributed by atoms with E-state index in [1.54, 1.807) is 0 Å². The van der Waals surface area contributed by atoms with E-state index in [9.17, 15) is 9.90 Å². The zero-order valence-corrected chi connectivity index (χ0v) is 11.7. The Bertz CT molecular complexity index is 523. The summed E-state index contributed by atoms with van der Waals surface area (Å²) in [5, 5.41) is 10.00. The van der Waals surface area contributed by atoms with Crippen molar-refractivity contribution in [2.24, 2.45) is 11.8 Å². The number of carbonyl (C=O) groups excluding carboxylic acids is 1. The van der Waals surface area contributed by atoms with E-state index in [0.29, 0.717) is 17.7 Å². The topological polar surface area (TPSA) is 40.5 Å². The Morgan fingerprint density at radius 2 is 1.90 bits per heavy atom. The lowest BCUT2D eigenvalue weighted by Gasteiger charge is -2.24. The minimum absolute atomic E-state index is 0.190. The maximum Gasteiger partial charge on any atom is 0.233 e. The van der Waals surface area contributed by atoms with Gasteiger partial charge < -0.3 is 10.0 Å². The summed E-state index contributed by atoms with van der Waals surface area (Å²) in [6.07, 6.45) is 3.76. The second-order valence-electron chi connectivity index (χ2n) is 6.73. The Morgan fingerprint density at radius 3 is 2.55 bits per heavy atom.